The van der Waals surface area contributed by atoms with Gasteiger partial charge in [-0.25, -0.2) is 0 Å². The van der Waals surface area contributed by atoms with E-state index in [1.165, 1.54) is 32.2 Å². The van der Waals surface area contributed by atoms with Gasteiger partial charge >= 0.3 is 0 Å². The van der Waals surface area contributed by atoms with Gasteiger partial charge in [0.25, 0.3) is 0 Å². The molecule has 1 heterocycles. The molecule has 1 aromatic carbocycles. The van der Waals surface area contributed by atoms with Crippen LogP contribution in [0.25, 0.3) is 0 Å². The molecule has 0 aromatic heterocycles. The van der Waals surface area contributed by atoms with Gasteiger partial charge in [-0.3, -0.25) is 4.79 Å². The molecule has 2 unspecified atom stereocenters. The van der Waals surface area contributed by atoms with Crippen LogP contribution in [0.5, 0.6) is 0 Å². The van der Waals surface area contributed by atoms with Gasteiger partial charge in [-0.1, -0.05) is 24.3 Å². The molecule has 20 heavy (non-hydrogen) atoms. The Morgan fingerprint density at radius 2 is 2.10 bits per heavy atom. The van der Waals surface area contributed by atoms with E-state index in [2.05, 4.69) is 29.2 Å². The van der Waals surface area contributed by atoms with Crippen molar-refractivity contribution in [3.63, 3.8) is 0 Å². The predicted octanol–water partition coefficient (Wildman–Crippen LogP) is 3.41. The lowest BCUT2D eigenvalue weighted by Crippen LogP contribution is -2.40. The molecule has 0 spiro atoms. The normalized spacial score (nSPS) is 27.1. The molecule has 1 aliphatic heterocycles. The fourth-order valence-electron chi connectivity index (χ4n) is 3.91. The Kier molecular flexibility index (Phi) is 4.21. The zero-order valence-corrected chi connectivity index (χ0v) is 12.5. The van der Waals surface area contributed by atoms with E-state index < -0.39 is 0 Å². The topological polar surface area (TPSA) is 20.3 Å². The minimum atomic E-state index is 0.280. The number of benzene rings is 1. The number of ketones is 1. The molecule has 0 radical (unpaired) electrons. The molecule has 0 bridgehead atoms. The summed E-state index contributed by atoms with van der Waals surface area (Å²) in [4.78, 5) is 14.1. The van der Waals surface area contributed by atoms with E-state index in [4.69, 9.17) is 0 Å². The van der Waals surface area contributed by atoms with E-state index >= 15 is 0 Å². The Labute approximate surface area is 122 Å². The van der Waals surface area contributed by atoms with Gasteiger partial charge in [-0.15, -0.1) is 0 Å². The molecule has 2 aliphatic rings. The summed E-state index contributed by atoms with van der Waals surface area (Å²) in [6, 6.07) is 8.93. The van der Waals surface area contributed by atoms with Crippen molar-refractivity contribution in [1.29, 1.82) is 0 Å². The first-order valence-electron chi connectivity index (χ1n) is 8.04. The number of Topliss-reactive ketones (excluding diaryl/α,β-unsaturated/α-hetero) is 1. The number of piperidine rings is 1. The highest BCUT2D eigenvalue weighted by atomic mass is 16.1. The Morgan fingerprint density at radius 1 is 1.25 bits per heavy atom. The van der Waals surface area contributed by atoms with Crippen molar-refractivity contribution in [2.75, 3.05) is 19.6 Å². The van der Waals surface area contributed by atoms with Crippen LogP contribution in [0.4, 0.5) is 0 Å². The zero-order valence-electron chi connectivity index (χ0n) is 12.5. The maximum absolute atomic E-state index is 11.6. The summed E-state index contributed by atoms with van der Waals surface area (Å²) in [5.41, 5.74) is 3.10. The second kappa shape index (κ2) is 6.09. The number of rotatable bonds is 3. The molecule has 0 saturated carbocycles. The highest BCUT2D eigenvalue weighted by molar-refractivity contribution is 5.78. The predicted molar refractivity (Wildman–Crippen MR) is 82.0 cm³/mol. The number of nitrogens with zero attached hydrogens (tertiary/aromatic N) is 1. The van der Waals surface area contributed by atoms with Gasteiger partial charge in [0.05, 0.1) is 0 Å². The number of likely N-dealkylation sites (tertiary alicyclic amines) is 1. The largest absolute Gasteiger partial charge is 0.302 e. The fraction of sp³-hybridized carbons (Fsp3) is 0.611. The van der Waals surface area contributed by atoms with Crippen LogP contribution in [0.3, 0.4) is 0 Å². The van der Waals surface area contributed by atoms with Crippen molar-refractivity contribution in [2.45, 2.75) is 44.9 Å². The molecule has 1 aliphatic carbocycles. The molecule has 108 valence electrons. The quantitative estimate of drug-likeness (QED) is 0.839. The van der Waals surface area contributed by atoms with Crippen LogP contribution >= 0.6 is 0 Å². The molecule has 0 amide bonds. The second-order valence-corrected chi connectivity index (χ2v) is 6.50. The molecular formula is C18H25NO. The standard InChI is InChI=1S/C18H25NO/c1-14(20)16-9-5-11-19(12-16)13-17-8-4-7-15-6-2-3-10-18(15)17/h2-3,6,10,16-17H,4-5,7-9,11-13H2,1H3. The SMILES string of the molecule is CC(=O)C1CCCN(CC2CCCc3ccccc32)C1. The summed E-state index contributed by atoms with van der Waals surface area (Å²) in [6.45, 7) is 5.04. The Hall–Kier alpha value is -1.15. The number of carbonyl (C=O) groups excluding carboxylic acids is 1. The van der Waals surface area contributed by atoms with Crippen LogP contribution in [0.15, 0.2) is 24.3 Å². The minimum absolute atomic E-state index is 0.280. The number of aryl methyl sites for hydroxylation is 1. The van der Waals surface area contributed by atoms with Crippen molar-refractivity contribution in [3.8, 4) is 0 Å². The third kappa shape index (κ3) is 2.95. The van der Waals surface area contributed by atoms with Crippen molar-refractivity contribution < 1.29 is 4.79 Å². The van der Waals surface area contributed by atoms with Crippen LogP contribution in [-0.2, 0) is 11.2 Å². The van der Waals surface area contributed by atoms with E-state index in [1.807, 2.05) is 0 Å². The molecule has 1 saturated heterocycles. The van der Waals surface area contributed by atoms with Gasteiger partial charge in [0.15, 0.2) is 0 Å². The van der Waals surface area contributed by atoms with Crippen LogP contribution in [0.2, 0.25) is 0 Å². The van der Waals surface area contributed by atoms with E-state index in [9.17, 15) is 4.79 Å². The molecule has 0 N–H and O–H groups in total. The van der Waals surface area contributed by atoms with Gasteiger partial charge < -0.3 is 4.90 Å². The number of hydrogen-bond donors (Lipinski definition) is 0. The van der Waals surface area contributed by atoms with E-state index in [-0.39, 0.29) is 5.92 Å². The zero-order chi connectivity index (χ0) is 13.9. The first-order chi connectivity index (χ1) is 9.74. The summed E-state index contributed by atoms with van der Waals surface area (Å²) in [5, 5.41) is 0. The molecular weight excluding hydrogens is 246 g/mol. The summed E-state index contributed by atoms with van der Waals surface area (Å²) >= 11 is 0. The summed E-state index contributed by atoms with van der Waals surface area (Å²) < 4.78 is 0. The molecule has 2 heteroatoms. The number of hydrogen-bond acceptors (Lipinski definition) is 2. The first-order valence-corrected chi connectivity index (χ1v) is 8.04. The highest BCUT2D eigenvalue weighted by Crippen LogP contribution is 2.33. The molecule has 2 atom stereocenters. The average Bonchev–Trinajstić information content (AvgIpc) is 2.48. The maximum Gasteiger partial charge on any atom is 0.134 e. The van der Waals surface area contributed by atoms with Gasteiger partial charge in [0, 0.05) is 19.0 Å². The molecule has 2 nitrogen and oxygen atoms in total. The van der Waals surface area contributed by atoms with Gasteiger partial charge in [0.1, 0.15) is 5.78 Å². The van der Waals surface area contributed by atoms with Crippen molar-refractivity contribution in [3.05, 3.63) is 35.4 Å². The lowest BCUT2D eigenvalue weighted by Gasteiger charge is -2.36. The average molecular weight is 271 g/mol. The molecule has 3 rings (SSSR count). The van der Waals surface area contributed by atoms with Gasteiger partial charge in [0.2, 0.25) is 0 Å². The Morgan fingerprint density at radius 3 is 2.95 bits per heavy atom. The van der Waals surface area contributed by atoms with Crippen LogP contribution in [-0.4, -0.2) is 30.3 Å². The smallest absolute Gasteiger partial charge is 0.134 e. The lowest BCUT2D eigenvalue weighted by atomic mass is 9.82. The second-order valence-electron chi connectivity index (χ2n) is 6.50. The third-order valence-corrected chi connectivity index (χ3v) is 5.05. The van der Waals surface area contributed by atoms with E-state index in [0.717, 1.165) is 19.5 Å². The lowest BCUT2D eigenvalue weighted by molar-refractivity contribution is -0.122. The number of carbonyl (C=O) groups is 1. The van der Waals surface area contributed by atoms with Gasteiger partial charge in [-0.05, 0) is 62.6 Å². The minimum Gasteiger partial charge on any atom is -0.302 e. The van der Waals surface area contributed by atoms with E-state index in [0.29, 0.717) is 11.7 Å². The monoisotopic (exact) mass is 271 g/mol. The fourth-order valence-corrected chi connectivity index (χ4v) is 3.91. The van der Waals surface area contributed by atoms with Crippen molar-refractivity contribution in [1.82, 2.24) is 4.90 Å². The third-order valence-electron chi connectivity index (χ3n) is 5.05. The maximum atomic E-state index is 11.6. The van der Waals surface area contributed by atoms with E-state index in [1.54, 1.807) is 18.1 Å². The van der Waals surface area contributed by atoms with Crippen LogP contribution < -0.4 is 0 Å². The highest BCUT2D eigenvalue weighted by Gasteiger charge is 2.27. The van der Waals surface area contributed by atoms with Crippen molar-refractivity contribution in [2.24, 2.45) is 5.92 Å². The van der Waals surface area contributed by atoms with Gasteiger partial charge in [-0.2, -0.15) is 0 Å². The van der Waals surface area contributed by atoms with Crippen molar-refractivity contribution >= 4 is 5.78 Å². The first kappa shape index (κ1) is 13.8. The summed E-state index contributed by atoms with van der Waals surface area (Å²) in [5.74, 6) is 1.33. The molecule has 1 aromatic rings. The molecule has 1 fully saturated rings. The number of fused-ring (bicyclic) bond motifs is 1. The Bertz CT molecular complexity index is 482. The summed E-state index contributed by atoms with van der Waals surface area (Å²) in [7, 11) is 0. The summed E-state index contributed by atoms with van der Waals surface area (Å²) in [6.07, 6.45) is 6.12. The van der Waals surface area contributed by atoms with Crippen LogP contribution in [0.1, 0.15) is 49.7 Å². The Balaban J connectivity index is 1.68. The van der Waals surface area contributed by atoms with Crippen LogP contribution in [0, 0.1) is 5.92 Å².